The van der Waals surface area contributed by atoms with Gasteiger partial charge in [0.25, 0.3) is 5.79 Å². The lowest BCUT2D eigenvalue weighted by Gasteiger charge is -2.50. The van der Waals surface area contributed by atoms with Crippen molar-refractivity contribution in [2.75, 3.05) is 26.4 Å². The van der Waals surface area contributed by atoms with Crippen molar-refractivity contribution in [1.29, 1.82) is 5.41 Å². The fourth-order valence-electron chi connectivity index (χ4n) is 5.40. The number of aliphatic carboxylic acids is 1. The molecule has 16 atom stereocenters. The highest BCUT2D eigenvalue weighted by Crippen LogP contribution is 2.40. The van der Waals surface area contributed by atoms with Crippen LogP contribution in [0.4, 0.5) is 0 Å². The molecule has 3 aliphatic rings. The Morgan fingerprint density at radius 1 is 0.977 bits per heavy atom. The van der Waals surface area contributed by atoms with Gasteiger partial charge < -0.3 is 84.6 Å². The van der Waals surface area contributed by atoms with E-state index in [2.05, 4.69) is 0 Å². The average Bonchev–Trinajstić information content (AvgIpc) is 2.98. The van der Waals surface area contributed by atoms with Crippen molar-refractivity contribution < 1.29 is 89.4 Å². The minimum Gasteiger partial charge on any atom is -0.483 e. The molecular formula is C24H41NO18. The average molecular weight is 632 g/mol. The van der Waals surface area contributed by atoms with E-state index in [9.17, 15) is 61.0 Å². The summed E-state index contributed by atoms with van der Waals surface area (Å²) in [5, 5.41) is 120. The minimum absolute atomic E-state index is 0.493. The summed E-state index contributed by atoms with van der Waals surface area (Å²) in [5.41, 5.74) is 0. The second-order valence-electron chi connectivity index (χ2n) is 10.7. The van der Waals surface area contributed by atoms with Crippen molar-refractivity contribution >= 4 is 12.4 Å². The number of hydrogen-bond donors (Lipinski definition) is 12. The molecule has 3 heterocycles. The molecule has 0 bridgehead atoms. The maximum Gasteiger partial charge on any atom is 0.364 e. The van der Waals surface area contributed by atoms with E-state index in [0.717, 1.165) is 0 Å². The largest absolute Gasteiger partial charge is 0.483 e. The molecular weight excluding hydrogens is 590 g/mol. The van der Waals surface area contributed by atoms with Crippen molar-refractivity contribution in [3.05, 3.63) is 0 Å². The van der Waals surface area contributed by atoms with Gasteiger partial charge in [-0.15, -0.1) is 0 Å². The van der Waals surface area contributed by atoms with Crippen LogP contribution >= 0.6 is 0 Å². The van der Waals surface area contributed by atoms with E-state index >= 15 is 0 Å². The zero-order valence-electron chi connectivity index (χ0n) is 23.1. The van der Waals surface area contributed by atoms with Gasteiger partial charge in [0.2, 0.25) is 0 Å². The van der Waals surface area contributed by atoms with E-state index < -0.39 is 136 Å². The molecule has 0 amide bonds. The first-order chi connectivity index (χ1) is 20.3. The van der Waals surface area contributed by atoms with Crippen LogP contribution in [0.5, 0.6) is 0 Å². The molecule has 0 aromatic heterocycles. The zero-order valence-corrected chi connectivity index (χ0v) is 23.1. The van der Waals surface area contributed by atoms with Gasteiger partial charge in [-0.3, -0.25) is 5.41 Å². The normalized spacial score (nSPS) is 45.2. The molecule has 0 spiro atoms. The van der Waals surface area contributed by atoms with Crippen LogP contribution in [0.1, 0.15) is 13.3 Å². The molecule has 43 heavy (non-hydrogen) atoms. The van der Waals surface area contributed by atoms with E-state index in [4.69, 9.17) is 33.8 Å². The third-order valence-corrected chi connectivity index (χ3v) is 7.88. The fourth-order valence-corrected chi connectivity index (χ4v) is 5.40. The fraction of sp³-hybridized carbons (Fsp3) is 0.917. The molecule has 3 aliphatic heterocycles. The first-order valence-electron chi connectivity index (χ1n) is 13.5. The van der Waals surface area contributed by atoms with Gasteiger partial charge in [0.05, 0.1) is 44.7 Å². The SMILES string of the molecule is CC1OC(CO)C(OC2OC(CO)C(O)C(OC3(C(=O)O)CC(O)C(COC=N)C(C(O)C(O)CO)O3)C2O)C(O)C1O. The number of aliphatic hydroxyl groups is 10. The number of carbonyl (C=O) groups is 1. The summed E-state index contributed by atoms with van der Waals surface area (Å²) in [6, 6.07) is 0. The van der Waals surface area contributed by atoms with E-state index in [-0.39, 0.29) is 0 Å². The summed E-state index contributed by atoms with van der Waals surface area (Å²) in [5.74, 6) is -6.12. The van der Waals surface area contributed by atoms with Gasteiger partial charge in [-0.2, -0.15) is 0 Å². The number of aliphatic hydroxyl groups excluding tert-OH is 10. The van der Waals surface area contributed by atoms with Crippen LogP contribution in [0.15, 0.2) is 0 Å². The third kappa shape index (κ3) is 7.43. The first-order valence-corrected chi connectivity index (χ1v) is 13.5. The Morgan fingerprint density at radius 3 is 2.19 bits per heavy atom. The van der Waals surface area contributed by atoms with E-state index in [0.29, 0.717) is 6.40 Å². The number of carboxylic acids is 1. The van der Waals surface area contributed by atoms with Crippen molar-refractivity contribution in [3.8, 4) is 0 Å². The van der Waals surface area contributed by atoms with Crippen LogP contribution < -0.4 is 0 Å². The number of nitrogens with one attached hydrogen (secondary N) is 1. The molecule has 16 unspecified atom stereocenters. The second kappa shape index (κ2) is 15.1. The molecule has 3 saturated heterocycles. The Labute approximate surface area is 244 Å². The number of carboxylic acid groups (broad SMARTS) is 1. The molecule has 0 aromatic rings. The molecule has 3 fully saturated rings. The van der Waals surface area contributed by atoms with Crippen LogP contribution in [-0.2, 0) is 33.2 Å². The molecule has 0 radical (unpaired) electrons. The third-order valence-electron chi connectivity index (χ3n) is 7.88. The van der Waals surface area contributed by atoms with Gasteiger partial charge in [-0.25, -0.2) is 4.79 Å². The maximum absolute atomic E-state index is 12.6. The number of rotatable bonds is 13. The molecule has 19 heteroatoms. The highest BCUT2D eigenvalue weighted by molar-refractivity contribution is 5.76. The van der Waals surface area contributed by atoms with Crippen molar-refractivity contribution in [2.24, 2.45) is 5.92 Å². The molecule has 0 aliphatic carbocycles. The summed E-state index contributed by atoms with van der Waals surface area (Å²) >= 11 is 0. The predicted octanol–water partition coefficient (Wildman–Crippen LogP) is -6.42. The van der Waals surface area contributed by atoms with Gasteiger partial charge in [-0.05, 0) is 6.92 Å². The van der Waals surface area contributed by atoms with Crippen LogP contribution in [0.3, 0.4) is 0 Å². The Hall–Kier alpha value is -1.66. The molecule has 0 aromatic carbocycles. The number of ether oxygens (including phenoxy) is 6. The van der Waals surface area contributed by atoms with Crippen LogP contribution in [0.25, 0.3) is 0 Å². The van der Waals surface area contributed by atoms with E-state index in [1.54, 1.807) is 0 Å². The highest BCUT2D eigenvalue weighted by Gasteiger charge is 2.59. The number of hydrogen-bond acceptors (Lipinski definition) is 18. The Kier molecular flexibility index (Phi) is 12.6. The van der Waals surface area contributed by atoms with Gasteiger partial charge in [0.15, 0.2) is 12.7 Å². The van der Waals surface area contributed by atoms with Gasteiger partial charge in [0, 0.05) is 12.3 Å². The second-order valence-corrected chi connectivity index (χ2v) is 10.7. The lowest BCUT2D eigenvalue weighted by atomic mass is 9.83. The lowest BCUT2D eigenvalue weighted by molar-refractivity contribution is -0.384. The van der Waals surface area contributed by atoms with Crippen LogP contribution in [-0.4, -0.2) is 186 Å². The van der Waals surface area contributed by atoms with Crippen molar-refractivity contribution in [2.45, 2.75) is 105 Å². The molecule has 250 valence electrons. The Bertz CT molecular complexity index is 913. The molecule has 12 N–H and O–H groups in total. The summed E-state index contributed by atoms with van der Waals surface area (Å²) < 4.78 is 32.5. The Morgan fingerprint density at radius 2 is 1.63 bits per heavy atom. The first kappa shape index (κ1) is 35.8. The Balaban J connectivity index is 1.93. The maximum atomic E-state index is 12.6. The van der Waals surface area contributed by atoms with Gasteiger partial charge in [-0.1, -0.05) is 0 Å². The summed E-state index contributed by atoms with van der Waals surface area (Å²) in [4.78, 5) is 12.6. The quantitative estimate of drug-likeness (QED) is 0.0664. The monoisotopic (exact) mass is 631 g/mol. The summed E-state index contributed by atoms with van der Waals surface area (Å²) in [6.45, 7) is -1.68. The smallest absolute Gasteiger partial charge is 0.364 e. The standard InChI is InChI=1S/C24H41NO18/c1-8-14(31)17(34)20(13(5-28)39-8)41-22-18(35)21(16(33)12(4-27)40-22)43-24(23(36)37)2-10(29)9(6-38-7-25)19(42-24)15(32)11(30)3-26/h7-22,25-35H,2-6H2,1H3,(H,36,37). The molecule has 0 saturated carbocycles. The lowest BCUT2D eigenvalue weighted by Crippen LogP contribution is -2.68. The summed E-state index contributed by atoms with van der Waals surface area (Å²) in [6.07, 6.45) is -24.2. The molecule has 3 rings (SSSR count). The predicted molar refractivity (Wildman–Crippen MR) is 134 cm³/mol. The van der Waals surface area contributed by atoms with Crippen molar-refractivity contribution in [3.63, 3.8) is 0 Å². The summed E-state index contributed by atoms with van der Waals surface area (Å²) in [7, 11) is 0. The topological polar surface area (TPSA) is 319 Å². The van der Waals surface area contributed by atoms with Gasteiger partial charge in [0.1, 0.15) is 61.0 Å². The van der Waals surface area contributed by atoms with E-state index in [1.165, 1.54) is 6.92 Å². The zero-order chi connectivity index (χ0) is 32.2. The van der Waals surface area contributed by atoms with Crippen LogP contribution in [0.2, 0.25) is 0 Å². The van der Waals surface area contributed by atoms with Crippen LogP contribution in [0, 0.1) is 11.3 Å². The highest BCUT2D eigenvalue weighted by atomic mass is 16.8. The van der Waals surface area contributed by atoms with Gasteiger partial charge >= 0.3 is 5.97 Å². The van der Waals surface area contributed by atoms with Crippen molar-refractivity contribution in [1.82, 2.24) is 0 Å². The minimum atomic E-state index is -2.94. The molecule has 19 nitrogen and oxygen atoms in total. The van der Waals surface area contributed by atoms with E-state index in [1.807, 2.05) is 0 Å².